The van der Waals surface area contributed by atoms with Gasteiger partial charge in [0.15, 0.2) is 0 Å². The number of hydrogen-bond donors (Lipinski definition) is 11. The zero-order chi connectivity index (χ0) is 106. The van der Waals surface area contributed by atoms with Crippen molar-refractivity contribution in [3.8, 4) is 22.7 Å². The summed E-state index contributed by atoms with van der Waals surface area (Å²) >= 11 is 26.1. The third kappa shape index (κ3) is 25.5. The average Bonchev–Trinajstić information content (AvgIpc) is 1.37. The van der Waals surface area contributed by atoms with Gasteiger partial charge in [-0.15, -0.1) is 45.3 Å². The van der Waals surface area contributed by atoms with Crippen LogP contribution in [0.25, 0.3) is 66.4 Å². The highest BCUT2D eigenvalue weighted by Crippen LogP contribution is 2.34. The first-order valence-electron chi connectivity index (χ1n) is 44.9. The fourth-order valence-electron chi connectivity index (χ4n) is 15.9. The van der Waals surface area contributed by atoms with Crippen molar-refractivity contribution in [3.05, 3.63) is 307 Å². The number of likely N-dealkylation sites (N-methyl/N-ethyl adjacent to an activating group) is 1. The van der Waals surface area contributed by atoms with Crippen LogP contribution in [0.4, 0.5) is 76.6 Å². The van der Waals surface area contributed by atoms with E-state index in [0.717, 1.165) is 207 Å². The van der Waals surface area contributed by atoms with Gasteiger partial charge < -0.3 is 51.8 Å². The minimum absolute atomic E-state index is 0.0103. The summed E-state index contributed by atoms with van der Waals surface area (Å²) < 4.78 is 175. The molecular weight excluding hydrogens is 2200 g/mol. The van der Waals surface area contributed by atoms with Gasteiger partial charge in [-0.1, -0.05) is 52.5 Å². The minimum atomic E-state index is -4.15. The van der Waals surface area contributed by atoms with Crippen molar-refractivity contribution in [1.82, 2.24) is 71.8 Å². The van der Waals surface area contributed by atoms with E-state index in [4.69, 9.17) is 51.1 Å². The van der Waals surface area contributed by atoms with Gasteiger partial charge in [-0.3, -0.25) is 47.3 Å². The number of aromatic nitrogens is 8. The molecule has 0 saturated carbocycles. The highest BCUT2D eigenvalue weighted by Gasteiger charge is 2.29. The number of morpholine rings is 1. The summed E-state index contributed by atoms with van der Waals surface area (Å²) in [6.45, 7) is 11.1. The number of aliphatic imine (C=N–C) groups is 1. The van der Waals surface area contributed by atoms with Gasteiger partial charge in [-0.2, -0.15) is 0 Å². The second-order valence-electron chi connectivity index (χ2n) is 33.2. The number of likely N-dealkylation sites (tertiary alicyclic amines) is 1. The number of anilines is 7. The normalized spacial score (nSPS) is 13.7. The van der Waals surface area contributed by atoms with Gasteiger partial charge >= 0.3 is 24.1 Å². The lowest BCUT2D eigenvalue weighted by molar-refractivity contribution is 0.0398. The lowest BCUT2D eigenvalue weighted by atomic mass is 10.1. The molecule has 778 valence electrons. The Hall–Kier alpha value is -14.4. The molecule has 4 aliphatic rings. The second kappa shape index (κ2) is 46.0. The predicted octanol–water partition coefficient (Wildman–Crippen LogP) is 14.9. The summed E-state index contributed by atoms with van der Waals surface area (Å²) in [6, 6.07) is 39.8. The molecule has 2 fully saturated rings. The zero-order valence-electron chi connectivity index (χ0n) is 77.6. The topological polar surface area (TPSA) is 508 Å². The Kier molecular flexibility index (Phi) is 32.8. The van der Waals surface area contributed by atoms with E-state index in [9.17, 15) is 85.2 Å². The van der Waals surface area contributed by atoms with E-state index in [1.807, 2.05) is 30.8 Å². The van der Waals surface area contributed by atoms with Crippen LogP contribution in [0.3, 0.4) is 0 Å². The molecule has 2 saturated heterocycles. The number of urea groups is 4. The van der Waals surface area contributed by atoms with Crippen molar-refractivity contribution in [1.29, 1.82) is 0 Å². The molecule has 8 aromatic heterocycles. The molecule has 11 N–H and O–H groups in total. The Bertz CT molecular complexity index is 8820. The van der Waals surface area contributed by atoms with Crippen molar-refractivity contribution >= 4 is 245 Å². The number of halogens is 8. The van der Waals surface area contributed by atoms with Gasteiger partial charge in [0, 0.05) is 105 Å². The van der Waals surface area contributed by atoms with E-state index >= 15 is 4.39 Å². The van der Waals surface area contributed by atoms with E-state index < -0.39 is 110 Å². The van der Waals surface area contributed by atoms with E-state index in [2.05, 4.69) is 71.9 Å². The van der Waals surface area contributed by atoms with Crippen molar-refractivity contribution < 1.29 is 75.1 Å². The number of ether oxygens (including phenoxy) is 1. The quantitative estimate of drug-likeness (QED) is 0.0237. The zero-order valence-corrected chi connectivity index (χ0v) is 87.2. The Morgan fingerprint density at radius 1 is 0.387 bits per heavy atom. The van der Waals surface area contributed by atoms with Crippen LogP contribution in [0.15, 0.2) is 254 Å². The predicted molar refractivity (Wildman–Crippen MR) is 570 cm³/mol. The molecule has 0 atom stereocenters. The number of amides is 8. The SMILES string of the molecule is CN1CCN=C1c1ccc2c(=O)n(-c3ccc(NC(=O)NS(=O)(=O)c4ccc(Cl)s4)cc3F)cnc2c1.O=C(Nc1ccc(-n2cnc3cc(NCCN4CCCC4)ccc3c2=O)c(F)c1)NS(=O)(=O)c1ccc(Cl)s1.O=C(Nc1ccc(-n2cnc3cc(NCCN4CCOCC4)ccc3c2=O)c(F)c1)NS(=O)(=O)c1ccc(Cl)s1.O=C(Nc1ccc(-n2cnc3cc4c(cc3c2=O)CCN4)c(F)c1)NS(=O)(=O)c1ccc(Cl)s1. The molecule has 8 amide bonds. The molecule has 150 heavy (non-hydrogen) atoms. The largest absolute Gasteiger partial charge is 0.384 e. The number of carbonyl (C=O) groups is 4. The number of nitrogens with zero attached hydrogens (tertiary/aromatic N) is 12. The average molecular weight is 2280 g/mol. The van der Waals surface area contributed by atoms with Crippen LogP contribution in [-0.4, -0.2) is 209 Å². The summed E-state index contributed by atoms with van der Waals surface area (Å²) in [4.78, 5) is 130. The van der Waals surface area contributed by atoms with Crippen molar-refractivity contribution in [2.24, 2.45) is 4.99 Å². The summed E-state index contributed by atoms with van der Waals surface area (Å²) in [5, 5.41) is 20.2. The van der Waals surface area contributed by atoms with Crippen LogP contribution in [0, 0.1) is 23.3 Å². The molecule has 8 aromatic carbocycles. The van der Waals surface area contributed by atoms with E-state index in [1.54, 1.807) is 66.7 Å². The van der Waals surface area contributed by atoms with Gasteiger partial charge in [-0.25, -0.2) is 109 Å². The Labute approximate surface area is 885 Å². The maximum absolute atomic E-state index is 15.0. The van der Waals surface area contributed by atoms with Gasteiger partial charge in [0.25, 0.3) is 62.3 Å². The number of benzene rings is 8. The molecule has 56 heteroatoms. The van der Waals surface area contributed by atoms with Gasteiger partial charge in [0.1, 0.15) is 71.3 Å². The number of carbonyl (C=O) groups excluding carboxylic acids is 4. The number of fused-ring (bicyclic) bond motifs is 5. The van der Waals surface area contributed by atoms with Crippen molar-refractivity contribution in [2.45, 2.75) is 36.1 Å². The van der Waals surface area contributed by atoms with Gasteiger partial charge in [0.2, 0.25) is 0 Å². The van der Waals surface area contributed by atoms with Crippen molar-refractivity contribution in [2.75, 3.05) is 129 Å². The number of sulfonamides is 4. The molecule has 0 aliphatic carbocycles. The van der Waals surface area contributed by atoms with Crippen LogP contribution in [0.5, 0.6) is 0 Å². The molecule has 0 spiro atoms. The third-order valence-electron chi connectivity index (χ3n) is 23.1. The molecule has 20 rings (SSSR count). The Morgan fingerprint density at radius 2 is 0.713 bits per heavy atom. The molecule has 4 aliphatic heterocycles. The number of amidine groups is 1. The van der Waals surface area contributed by atoms with Crippen LogP contribution < -0.4 is 78.3 Å². The monoisotopic (exact) mass is 2280 g/mol. The smallest absolute Gasteiger partial charge is 0.333 e. The molecule has 0 radical (unpaired) electrons. The summed E-state index contributed by atoms with van der Waals surface area (Å²) in [6.07, 6.45) is 8.20. The van der Waals surface area contributed by atoms with E-state index in [-0.39, 0.29) is 79.7 Å². The molecule has 12 heterocycles. The first kappa shape index (κ1) is 107. The number of thiophene rings is 4. The van der Waals surface area contributed by atoms with Crippen LogP contribution in [-0.2, 0) is 51.3 Å². The summed E-state index contributed by atoms with van der Waals surface area (Å²) in [7, 11) is -14.6. The molecule has 16 aromatic rings. The van der Waals surface area contributed by atoms with Gasteiger partial charge in [0.05, 0.1) is 103 Å². The molecule has 0 unspecified atom stereocenters. The number of hydrogen-bond acceptors (Lipinski definition) is 32. The van der Waals surface area contributed by atoms with Crippen LogP contribution in [0.2, 0.25) is 17.3 Å². The Morgan fingerprint density at radius 3 is 1.05 bits per heavy atom. The second-order valence-corrected chi connectivity index (χ2v) is 47.7. The van der Waals surface area contributed by atoms with Gasteiger partial charge in [-0.05, 0) is 220 Å². The van der Waals surface area contributed by atoms with Crippen LogP contribution >= 0.6 is 91.8 Å². The molecular formula is C94H81Cl4F4N23O17S8. The Balaban J connectivity index is 0.000000136. The van der Waals surface area contributed by atoms with Crippen LogP contribution in [0.1, 0.15) is 24.0 Å². The maximum Gasteiger partial charge on any atom is 0.333 e. The lowest BCUT2D eigenvalue weighted by Crippen LogP contribution is -2.39. The lowest BCUT2D eigenvalue weighted by Gasteiger charge is -2.26. The highest BCUT2D eigenvalue weighted by atomic mass is 35.5. The number of nitrogens with one attached hydrogen (secondary N) is 11. The standard InChI is InChI=1S/C25H24ClFN6O5S2.C25H24ClFN6O4S2.C23H18ClFN6O4S2.C21H15ClFN5O4S2/c26-22-5-6-23(39-22)40(36,37)31-25(35)30-17-2-4-21(19(27)13-17)33-15-29-20-14-16(1-3-18(20)24(33)34)28-7-8-32-9-11-38-12-10-32;26-22-7-8-23(38-22)39(36,37)31-25(35)30-17-4-6-21(19(27)13-17)33-15-29-20-14-16(3-5-18(20)24(33)34)28-9-12-32-10-1-2-11-32;1-30-9-8-26-21(30)13-2-4-15-17(10-13)27-12-31(22(15)32)18-5-3-14(11-16(18)25)28-23(33)29-37(34,35)20-7-6-19(24)36-20;22-18-3-4-19(33-18)34(31,32)27-21(30)26-12-1-2-17(14(23)8-12)28-10-25-16-9-15-11(5-6-24-15)7-13(16)20(28)29/h1-6,13-15,28H,7-12H2,(H2,30,31,35);3-8,13-15,28H,1-2,9-12H2,(H2,30,31,35);2-7,10-12H,8-9H2,1H3,(H2,28,29,33);1-4,7-10,24H,5-6H2,(H2,26,27,30). The van der Waals surface area contributed by atoms with E-state index in [0.29, 0.717) is 50.2 Å². The first-order chi connectivity index (χ1) is 71.7. The fraction of sp³-hybridized carbons (Fsp3) is 0.181. The van der Waals surface area contributed by atoms with Crippen molar-refractivity contribution in [3.63, 3.8) is 0 Å². The molecule has 0 bridgehead atoms. The fourth-order valence-corrected chi connectivity index (χ4v) is 25.5. The number of rotatable bonds is 25. The molecule has 40 nitrogen and oxygen atoms in total. The van der Waals surface area contributed by atoms with E-state index in [1.165, 1.54) is 135 Å². The minimum Gasteiger partial charge on any atom is -0.384 e. The highest BCUT2D eigenvalue weighted by molar-refractivity contribution is 7.93. The maximum atomic E-state index is 15.0. The first-order valence-corrected chi connectivity index (χ1v) is 55.6. The third-order valence-corrected chi connectivity index (χ3v) is 35.3. The summed E-state index contributed by atoms with van der Waals surface area (Å²) in [5.41, 5.74) is 4.09. The summed E-state index contributed by atoms with van der Waals surface area (Å²) in [5.74, 6) is -2.46.